The Kier molecular flexibility index (Phi) is 3.77. The Morgan fingerprint density at radius 2 is 2.19 bits per heavy atom. The monoisotopic (exact) mass is 304 g/mol. The van der Waals surface area contributed by atoms with Crippen LogP contribution < -0.4 is 4.74 Å². The molecule has 0 saturated heterocycles. The van der Waals surface area contributed by atoms with Crippen LogP contribution in [-0.2, 0) is 4.74 Å². The van der Waals surface area contributed by atoms with Gasteiger partial charge in [0.1, 0.15) is 18.0 Å². The minimum atomic E-state index is 0.134. The van der Waals surface area contributed by atoms with Crippen molar-refractivity contribution >= 4 is 27.5 Å². The Morgan fingerprint density at radius 1 is 1.44 bits per heavy atom. The van der Waals surface area contributed by atoms with E-state index in [4.69, 9.17) is 21.1 Å². The number of hydrogen-bond acceptors (Lipinski definition) is 2. The van der Waals surface area contributed by atoms with E-state index in [-0.39, 0.29) is 12.2 Å². The van der Waals surface area contributed by atoms with Gasteiger partial charge in [-0.25, -0.2) is 0 Å². The smallest absolute Gasteiger partial charge is 0.127 e. The summed E-state index contributed by atoms with van der Waals surface area (Å²) in [4.78, 5) is 0.399. The summed E-state index contributed by atoms with van der Waals surface area (Å²) in [6, 6.07) is 5.71. The Bertz CT molecular complexity index is 383. The zero-order valence-electron chi connectivity index (χ0n) is 9.24. The molecule has 1 aliphatic rings. The van der Waals surface area contributed by atoms with Gasteiger partial charge in [0.15, 0.2) is 0 Å². The molecule has 3 atom stereocenters. The van der Waals surface area contributed by atoms with Gasteiger partial charge in [-0.15, -0.1) is 0 Å². The van der Waals surface area contributed by atoms with Crippen LogP contribution in [0.5, 0.6) is 5.75 Å². The molecule has 1 aromatic rings. The second-order valence-corrected chi connectivity index (χ2v) is 5.60. The van der Waals surface area contributed by atoms with Gasteiger partial charge >= 0.3 is 0 Å². The van der Waals surface area contributed by atoms with Crippen LogP contribution in [0.2, 0.25) is 5.02 Å². The molecule has 0 N–H and O–H groups in total. The van der Waals surface area contributed by atoms with Crippen molar-refractivity contribution in [3.8, 4) is 5.75 Å². The van der Waals surface area contributed by atoms with E-state index in [1.165, 1.54) is 0 Å². The number of alkyl halides is 1. The summed E-state index contributed by atoms with van der Waals surface area (Å²) in [5, 5.41) is 0.766. The molecule has 16 heavy (non-hydrogen) atoms. The highest BCUT2D eigenvalue weighted by atomic mass is 79.9. The Hall–Kier alpha value is -0.250. The van der Waals surface area contributed by atoms with Crippen molar-refractivity contribution in [1.29, 1.82) is 0 Å². The van der Waals surface area contributed by atoms with Crippen LogP contribution in [0, 0.1) is 6.92 Å². The summed E-state index contributed by atoms with van der Waals surface area (Å²) in [5.74, 6) is 0.855. The van der Waals surface area contributed by atoms with E-state index in [1.807, 2.05) is 25.1 Å². The van der Waals surface area contributed by atoms with Gasteiger partial charge in [-0.2, -0.15) is 0 Å². The molecule has 0 heterocycles. The van der Waals surface area contributed by atoms with Crippen LogP contribution in [0.25, 0.3) is 0 Å². The molecular formula is C12H14BrClO2. The highest BCUT2D eigenvalue weighted by Gasteiger charge is 2.41. The lowest BCUT2D eigenvalue weighted by atomic mass is 9.91. The Labute approximate surface area is 109 Å². The van der Waals surface area contributed by atoms with Gasteiger partial charge in [0.25, 0.3) is 0 Å². The fourth-order valence-electron chi connectivity index (χ4n) is 1.81. The molecule has 4 heteroatoms. The van der Waals surface area contributed by atoms with Crippen molar-refractivity contribution < 1.29 is 9.47 Å². The normalized spacial score (nSPS) is 28.6. The van der Waals surface area contributed by atoms with Gasteiger partial charge in [0.2, 0.25) is 0 Å². The second kappa shape index (κ2) is 4.94. The van der Waals surface area contributed by atoms with Gasteiger partial charge in [0, 0.05) is 23.4 Å². The van der Waals surface area contributed by atoms with E-state index in [1.54, 1.807) is 7.11 Å². The zero-order chi connectivity index (χ0) is 11.7. The first kappa shape index (κ1) is 12.2. The van der Waals surface area contributed by atoms with Crippen molar-refractivity contribution in [2.75, 3.05) is 7.11 Å². The number of halogens is 2. The number of benzene rings is 1. The number of hydrogen-bond donors (Lipinski definition) is 0. The lowest BCUT2D eigenvalue weighted by molar-refractivity contribution is -0.0545. The van der Waals surface area contributed by atoms with Crippen LogP contribution >= 0.6 is 27.5 Å². The fraction of sp³-hybridized carbons (Fsp3) is 0.500. The topological polar surface area (TPSA) is 18.5 Å². The first-order valence-electron chi connectivity index (χ1n) is 5.21. The maximum atomic E-state index is 5.96. The number of ether oxygens (including phenoxy) is 2. The molecule has 1 fully saturated rings. The molecule has 1 aromatic carbocycles. The summed E-state index contributed by atoms with van der Waals surface area (Å²) >= 11 is 9.50. The highest BCUT2D eigenvalue weighted by molar-refractivity contribution is 9.09. The van der Waals surface area contributed by atoms with Crippen LogP contribution in [0.3, 0.4) is 0 Å². The highest BCUT2D eigenvalue weighted by Crippen LogP contribution is 2.34. The molecule has 0 amide bonds. The van der Waals surface area contributed by atoms with Gasteiger partial charge in [0.05, 0.1) is 0 Å². The molecule has 2 rings (SSSR count). The SMILES string of the molecule is COC1C(Br)CC1Oc1ccc(Cl)c(C)c1. The van der Waals surface area contributed by atoms with Crippen LogP contribution in [-0.4, -0.2) is 24.1 Å². The lowest BCUT2D eigenvalue weighted by Crippen LogP contribution is -2.51. The van der Waals surface area contributed by atoms with E-state index in [9.17, 15) is 0 Å². The molecule has 0 aliphatic heterocycles. The standard InChI is InChI=1S/C12H14BrClO2/c1-7-5-8(3-4-10(7)14)16-11-6-9(13)12(11)15-2/h3-5,9,11-12H,6H2,1-2H3. The maximum Gasteiger partial charge on any atom is 0.127 e. The fourth-order valence-corrected chi connectivity index (χ4v) is 2.85. The summed E-state index contributed by atoms with van der Waals surface area (Å²) in [7, 11) is 1.71. The first-order valence-corrected chi connectivity index (χ1v) is 6.51. The van der Waals surface area contributed by atoms with E-state index in [0.717, 1.165) is 22.8 Å². The largest absolute Gasteiger partial charge is 0.488 e. The number of methoxy groups -OCH3 is 1. The quantitative estimate of drug-likeness (QED) is 0.795. The molecule has 0 aromatic heterocycles. The minimum absolute atomic E-state index is 0.134. The number of aryl methyl sites for hydroxylation is 1. The van der Waals surface area contributed by atoms with Crippen molar-refractivity contribution in [2.24, 2.45) is 0 Å². The van der Waals surface area contributed by atoms with Crippen molar-refractivity contribution in [2.45, 2.75) is 30.4 Å². The third-order valence-corrected chi connectivity index (χ3v) is 4.19. The molecule has 1 saturated carbocycles. The first-order chi connectivity index (χ1) is 7.61. The Morgan fingerprint density at radius 3 is 2.75 bits per heavy atom. The summed E-state index contributed by atoms with van der Waals surface area (Å²) in [5.41, 5.74) is 1.03. The maximum absolute atomic E-state index is 5.96. The van der Waals surface area contributed by atoms with E-state index in [2.05, 4.69) is 15.9 Å². The van der Waals surface area contributed by atoms with E-state index >= 15 is 0 Å². The third kappa shape index (κ3) is 2.36. The van der Waals surface area contributed by atoms with Gasteiger partial charge in [-0.1, -0.05) is 27.5 Å². The molecule has 3 unspecified atom stereocenters. The molecule has 1 aliphatic carbocycles. The molecule has 0 radical (unpaired) electrons. The van der Waals surface area contributed by atoms with Gasteiger partial charge < -0.3 is 9.47 Å². The molecule has 0 spiro atoms. The lowest BCUT2D eigenvalue weighted by Gasteiger charge is -2.40. The average molecular weight is 306 g/mol. The second-order valence-electron chi connectivity index (χ2n) is 4.02. The molecule has 2 nitrogen and oxygen atoms in total. The van der Waals surface area contributed by atoms with E-state index in [0.29, 0.717) is 4.83 Å². The number of rotatable bonds is 3. The molecule has 0 bridgehead atoms. The minimum Gasteiger partial charge on any atom is -0.488 e. The predicted octanol–water partition coefficient (Wildman–Crippen LogP) is 3.58. The average Bonchev–Trinajstić information content (AvgIpc) is 2.23. The van der Waals surface area contributed by atoms with Gasteiger partial charge in [-0.3, -0.25) is 0 Å². The molecule has 88 valence electrons. The van der Waals surface area contributed by atoms with Gasteiger partial charge in [-0.05, 0) is 30.7 Å². The van der Waals surface area contributed by atoms with Crippen LogP contribution in [0.15, 0.2) is 18.2 Å². The van der Waals surface area contributed by atoms with Crippen molar-refractivity contribution in [3.63, 3.8) is 0 Å². The van der Waals surface area contributed by atoms with E-state index < -0.39 is 0 Å². The predicted molar refractivity (Wildman–Crippen MR) is 68.7 cm³/mol. The summed E-state index contributed by atoms with van der Waals surface area (Å²) in [6.45, 7) is 1.97. The third-order valence-electron chi connectivity index (χ3n) is 2.87. The summed E-state index contributed by atoms with van der Waals surface area (Å²) in [6.07, 6.45) is 1.24. The van der Waals surface area contributed by atoms with Crippen LogP contribution in [0.1, 0.15) is 12.0 Å². The van der Waals surface area contributed by atoms with Crippen LogP contribution in [0.4, 0.5) is 0 Å². The van der Waals surface area contributed by atoms with Crippen molar-refractivity contribution in [3.05, 3.63) is 28.8 Å². The molecular weight excluding hydrogens is 291 g/mol. The summed E-state index contributed by atoms with van der Waals surface area (Å²) < 4.78 is 11.2. The van der Waals surface area contributed by atoms with Crippen molar-refractivity contribution in [1.82, 2.24) is 0 Å². The zero-order valence-corrected chi connectivity index (χ0v) is 11.6. The Balaban J connectivity index is 2.02.